The monoisotopic (exact) mass is 587 g/mol. The summed E-state index contributed by atoms with van der Waals surface area (Å²) < 4.78 is 0. The van der Waals surface area contributed by atoms with Crippen LogP contribution in [-0.2, 0) is 5.41 Å². The fraction of sp³-hybridized carbons (Fsp3) is 0.0667. The van der Waals surface area contributed by atoms with Gasteiger partial charge in [-0.2, -0.15) is 0 Å². The van der Waals surface area contributed by atoms with Crippen LogP contribution in [0, 0.1) is 0 Å². The van der Waals surface area contributed by atoms with Crippen LogP contribution in [0.3, 0.4) is 0 Å². The van der Waals surface area contributed by atoms with Crippen molar-refractivity contribution in [3.8, 4) is 22.3 Å². The molecule has 0 spiro atoms. The zero-order chi connectivity index (χ0) is 30.8. The quantitative estimate of drug-likeness (QED) is 0.185. The van der Waals surface area contributed by atoms with Crippen molar-refractivity contribution in [2.24, 2.45) is 0 Å². The van der Waals surface area contributed by atoms with Crippen LogP contribution in [0.5, 0.6) is 0 Å². The molecule has 0 fully saturated rings. The maximum absolute atomic E-state index is 2.47. The Morgan fingerprint density at radius 1 is 0.413 bits per heavy atom. The van der Waals surface area contributed by atoms with Gasteiger partial charge in [0, 0.05) is 22.4 Å². The number of hydrogen-bond donors (Lipinski definition) is 0. The molecule has 0 radical (unpaired) electrons. The first kappa shape index (κ1) is 26.7. The highest BCUT2D eigenvalue weighted by Crippen LogP contribution is 2.54. The van der Waals surface area contributed by atoms with Crippen molar-refractivity contribution >= 4 is 49.4 Å². The molecule has 0 bridgehead atoms. The van der Waals surface area contributed by atoms with E-state index in [-0.39, 0.29) is 5.41 Å². The van der Waals surface area contributed by atoms with Crippen LogP contribution in [0.4, 0.5) is 17.1 Å². The SMILES string of the molecule is CC1(C)c2ccccc2-c2c(N(c3cccc(-c4ccccc4)c3)c3ccc4ccc5c6ccccc6ccc5c4c3)cccc21. The minimum Gasteiger partial charge on any atom is -0.310 e. The van der Waals surface area contributed by atoms with Crippen molar-refractivity contribution < 1.29 is 0 Å². The lowest BCUT2D eigenvalue weighted by molar-refractivity contribution is 0.660. The van der Waals surface area contributed by atoms with Gasteiger partial charge in [0.2, 0.25) is 0 Å². The fourth-order valence-electron chi connectivity index (χ4n) is 7.75. The third-order valence-corrected chi connectivity index (χ3v) is 10.0. The molecule has 9 rings (SSSR count). The Bertz CT molecular complexity index is 2450. The lowest BCUT2D eigenvalue weighted by Gasteiger charge is -2.29. The first-order valence-electron chi connectivity index (χ1n) is 16.1. The largest absolute Gasteiger partial charge is 0.310 e. The third-order valence-electron chi connectivity index (χ3n) is 10.0. The molecular weight excluding hydrogens is 555 g/mol. The van der Waals surface area contributed by atoms with Crippen molar-refractivity contribution in [2.75, 3.05) is 4.90 Å². The second-order valence-electron chi connectivity index (χ2n) is 13.0. The first-order valence-corrected chi connectivity index (χ1v) is 16.1. The number of benzene rings is 8. The van der Waals surface area contributed by atoms with Crippen molar-refractivity contribution in [3.63, 3.8) is 0 Å². The van der Waals surface area contributed by atoms with Crippen molar-refractivity contribution in [3.05, 3.63) is 175 Å². The minimum atomic E-state index is -0.0832. The van der Waals surface area contributed by atoms with Gasteiger partial charge < -0.3 is 4.90 Å². The summed E-state index contributed by atoms with van der Waals surface area (Å²) in [5, 5.41) is 7.63. The van der Waals surface area contributed by atoms with Crippen LogP contribution in [0.2, 0.25) is 0 Å². The molecule has 218 valence electrons. The van der Waals surface area contributed by atoms with E-state index in [2.05, 4.69) is 183 Å². The van der Waals surface area contributed by atoms with E-state index < -0.39 is 0 Å². The molecule has 0 saturated heterocycles. The van der Waals surface area contributed by atoms with Gasteiger partial charge in [0.15, 0.2) is 0 Å². The highest BCUT2D eigenvalue weighted by Gasteiger charge is 2.37. The number of fused-ring (bicyclic) bond motifs is 8. The van der Waals surface area contributed by atoms with Crippen LogP contribution in [-0.4, -0.2) is 0 Å². The van der Waals surface area contributed by atoms with Crippen LogP contribution in [0.15, 0.2) is 164 Å². The standard InChI is InChI=1S/C45H33N/c1-45(2)41-19-9-8-18-39(41)44-42(45)20-11-21-43(44)46(34-16-10-15-33(28-34)30-12-4-3-5-13-30)35-25-22-32-24-26-37-36-17-7-6-14-31(36)23-27-38(37)40(32)29-35/h3-29H,1-2H3. The van der Waals surface area contributed by atoms with Gasteiger partial charge in [-0.1, -0.05) is 147 Å². The molecule has 1 aliphatic rings. The molecule has 1 nitrogen and oxygen atoms in total. The van der Waals surface area contributed by atoms with Crippen LogP contribution in [0.25, 0.3) is 54.6 Å². The molecule has 8 aromatic carbocycles. The zero-order valence-electron chi connectivity index (χ0n) is 26.0. The molecule has 1 aliphatic carbocycles. The molecule has 1 heteroatoms. The third kappa shape index (κ3) is 4.02. The van der Waals surface area contributed by atoms with Gasteiger partial charge in [0.05, 0.1) is 5.69 Å². The molecule has 8 aromatic rings. The lowest BCUT2D eigenvalue weighted by atomic mass is 9.82. The summed E-state index contributed by atoms with van der Waals surface area (Å²) in [5.41, 5.74) is 11.2. The van der Waals surface area contributed by atoms with Crippen molar-refractivity contribution in [1.82, 2.24) is 0 Å². The van der Waals surface area contributed by atoms with Gasteiger partial charge >= 0.3 is 0 Å². The van der Waals surface area contributed by atoms with E-state index in [1.165, 1.54) is 71.4 Å². The first-order chi connectivity index (χ1) is 22.6. The van der Waals surface area contributed by atoms with E-state index >= 15 is 0 Å². The van der Waals surface area contributed by atoms with Gasteiger partial charge in [0.25, 0.3) is 0 Å². The summed E-state index contributed by atoms with van der Waals surface area (Å²) in [6, 6.07) is 60.2. The Kier molecular flexibility index (Phi) is 5.92. The van der Waals surface area contributed by atoms with E-state index in [0.29, 0.717) is 0 Å². The van der Waals surface area contributed by atoms with Crippen LogP contribution >= 0.6 is 0 Å². The Labute approximate surface area is 270 Å². The molecule has 0 aromatic heterocycles. The van der Waals surface area contributed by atoms with E-state index in [1.807, 2.05) is 0 Å². The van der Waals surface area contributed by atoms with Crippen molar-refractivity contribution in [2.45, 2.75) is 19.3 Å². The second kappa shape index (κ2) is 10.2. The van der Waals surface area contributed by atoms with Crippen molar-refractivity contribution in [1.29, 1.82) is 0 Å². The Hall–Kier alpha value is -5.66. The van der Waals surface area contributed by atoms with Gasteiger partial charge in [0.1, 0.15) is 0 Å². The van der Waals surface area contributed by atoms with Gasteiger partial charge in [-0.3, -0.25) is 0 Å². The normalized spacial score (nSPS) is 13.2. The molecule has 0 aliphatic heterocycles. The van der Waals surface area contributed by atoms with Crippen LogP contribution < -0.4 is 4.90 Å². The molecule has 0 amide bonds. The highest BCUT2D eigenvalue weighted by molar-refractivity contribution is 6.18. The zero-order valence-corrected chi connectivity index (χ0v) is 26.0. The summed E-state index contributed by atoms with van der Waals surface area (Å²) >= 11 is 0. The number of rotatable bonds is 4. The fourth-order valence-corrected chi connectivity index (χ4v) is 7.75. The van der Waals surface area contributed by atoms with Crippen LogP contribution in [0.1, 0.15) is 25.0 Å². The van der Waals surface area contributed by atoms with Gasteiger partial charge in [-0.25, -0.2) is 0 Å². The average Bonchev–Trinajstić information content (AvgIpc) is 3.35. The van der Waals surface area contributed by atoms with Gasteiger partial charge in [-0.15, -0.1) is 0 Å². The average molecular weight is 588 g/mol. The Morgan fingerprint density at radius 2 is 1.04 bits per heavy atom. The molecule has 46 heavy (non-hydrogen) atoms. The number of nitrogens with zero attached hydrogens (tertiary/aromatic N) is 1. The summed E-state index contributed by atoms with van der Waals surface area (Å²) in [5.74, 6) is 0. The van der Waals surface area contributed by atoms with E-state index in [9.17, 15) is 0 Å². The Balaban J connectivity index is 1.33. The second-order valence-corrected chi connectivity index (χ2v) is 13.0. The summed E-state index contributed by atoms with van der Waals surface area (Å²) in [7, 11) is 0. The van der Waals surface area contributed by atoms with E-state index in [4.69, 9.17) is 0 Å². The van der Waals surface area contributed by atoms with E-state index in [0.717, 1.165) is 11.4 Å². The summed E-state index contributed by atoms with van der Waals surface area (Å²) in [6.45, 7) is 4.71. The topological polar surface area (TPSA) is 3.24 Å². The van der Waals surface area contributed by atoms with Gasteiger partial charge in [-0.05, 0) is 90.5 Å². The van der Waals surface area contributed by atoms with E-state index in [1.54, 1.807) is 0 Å². The molecule has 0 unspecified atom stereocenters. The maximum Gasteiger partial charge on any atom is 0.0543 e. The Morgan fingerprint density at radius 3 is 1.91 bits per heavy atom. The number of hydrogen-bond acceptors (Lipinski definition) is 1. The maximum atomic E-state index is 2.47. The minimum absolute atomic E-state index is 0.0832. The predicted octanol–water partition coefficient (Wildman–Crippen LogP) is 12.6. The molecule has 0 heterocycles. The highest BCUT2D eigenvalue weighted by atomic mass is 15.1. The predicted molar refractivity (Wildman–Crippen MR) is 197 cm³/mol. The molecule has 0 saturated carbocycles. The lowest BCUT2D eigenvalue weighted by Crippen LogP contribution is -2.16. The molecule has 0 atom stereocenters. The molecular formula is C45H33N. The number of anilines is 3. The summed E-state index contributed by atoms with van der Waals surface area (Å²) in [4.78, 5) is 2.47. The molecule has 0 N–H and O–H groups in total. The smallest absolute Gasteiger partial charge is 0.0543 e. The summed E-state index contributed by atoms with van der Waals surface area (Å²) in [6.07, 6.45) is 0.